The van der Waals surface area contributed by atoms with Crippen LogP contribution in [0.1, 0.15) is 26.3 Å². The zero-order chi connectivity index (χ0) is 13.7. The van der Waals surface area contributed by atoms with E-state index in [1.54, 1.807) is 19.1 Å². The van der Waals surface area contributed by atoms with E-state index in [-0.39, 0.29) is 6.04 Å². The Labute approximate surface area is 107 Å². The molecular weight excluding hydrogens is 228 g/mol. The summed E-state index contributed by atoms with van der Waals surface area (Å²) in [6.45, 7) is 6.13. The van der Waals surface area contributed by atoms with Crippen LogP contribution in [0.4, 0.5) is 5.69 Å². The molecule has 1 N–H and O–H groups in total. The lowest BCUT2D eigenvalue weighted by Crippen LogP contribution is -2.37. The molecule has 0 aromatic heterocycles. The van der Waals surface area contributed by atoms with E-state index in [0.717, 1.165) is 5.69 Å². The highest BCUT2D eigenvalue weighted by atomic mass is 16.4. The van der Waals surface area contributed by atoms with Gasteiger partial charge in [-0.15, -0.1) is 0 Å². The molecule has 0 aliphatic heterocycles. The number of aliphatic carboxylic acids is 1. The molecule has 0 fully saturated rings. The summed E-state index contributed by atoms with van der Waals surface area (Å²) in [5.74, 6) is -1.25. The molecule has 0 spiro atoms. The number of anilines is 1. The number of rotatable bonds is 5. The van der Waals surface area contributed by atoms with Crippen molar-refractivity contribution in [2.24, 2.45) is 5.92 Å². The first-order chi connectivity index (χ1) is 8.45. The first-order valence-corrected chi connectivity index (χ1v) is 5.95. The molecule has 1 aromatic rings. The summed E-state index contributed by atoms with van der Waals surface area (Å²) < 4.78 is 0. The molecule has 1 unspecified atom stereocenters. The van der Waals surface area contributed by atoms with Crippen molar-refractivity contribution in [3.05, 3.63) is 29.8 Å². The van der Waals surface area contributed by atoms with Gasteiger partial charge in [0.05, 0.1) is 17.6 Å². The maximum absolute atomic E-state index is 10.9. The quantitative estimate of drug-likeness (QED) is 0.867. The number of nitriles is 1. The van der Waals surface area contributed by atoms with Gasteiger partial charge in [-0.3, -0.25) is 4.79 Å². The Kier molecular flexibility index (Phi) is 4.73. The molecule has 0 bridgehead atoms. The molecule has 1 atom stereocenters. The molecule has 4 heteroatoms. The maximum Gasteiger partial charge on any atom is 0.308 e. The third kappa shape index (κ3) is 3.49. The third-order valence-corrected chi connectivity index (χ3v) is 2.82. The number of carboxylic acids is 1. The van der Waals surface area contributed by atoms with Crippen molar-refractivity contribution in [1.29, 1.82) is 5.26 Å². The van der Waals surface area contributed by atoms with Crippen LogP contribution in [0.2, 0.25) is 0 Å². The molecule has 0 radical (unpaired) electrons. The van der Waals surface area contributed by atoms with Crippen LogP contribution in [0.25, 0.3) is 0 Å². The fraction of sp³-hybridized carbons (Fsp3) is 0.429. The number of carboxylic acid groups (broad SMARTS) is 1. The zero-order valence-electron chi connectivity index (χ0n) is 10.9. The van der Waals surface area contributed by atoms with E-state index in [9.17, 15) is 4.79 Å². The molecule has 0 saturated heterocycles. The number of carbonyl (C=O) groups is 1. The second-order valence-electron chi connectivity index (χ2n) is 4.65. The Morgan fingerprint density at radius 1 is 1.44 bits per heavy atom. The van der Waals surface area contributed by atoms with Gasteiger partial charge in [0.25, 0.3) is 0 Å². The van der Waals surface area contributed by atoms with Crippen LogP contribution < -0.4 is 4.90 Å². The van der Waals surface area contributed by atoms with Gasteiger partial charge in [-0.05, 0) is 32.0 Å². The van der Waals surface area contributed by atoms with Crippen molar-refractivity contribution in [2.45, 2.75) is 26.8 Å². The van der Waals surface area contributed by atoms with E-state index in [0.29, 0.717) is 12.1 Å². The summed E-state index contributed by atoms with van der Waals surface area (Å²) in [7, 11) is 0. The summed E-state index contributed by atoms with van der Waals surface area (Å²) in [6.07, 6.45) is 0. The lowest BCUT2D eigenvalue weighted by atomic mass is 10.1. The van der Waals surface area contributed by atoms with Crippen LogP contribution in [-0.4, -0.2) is 23.7 Å². The zero-order valence-corrected chi connectivity index (χ0v) is 10.9. The third-order valence-electron chi connectivity index (χ3n) is 2.82. The smallest absolute Gasteiger partial charge is 0.308 e. The SMILES string of the molecule is CC(CN(c1cccc(C#N)c1)C(C)C)C(=O)O. The minimum absolute atomic E-state index is 0.181. The number of hydrogen-bond acceptors (Lipinski definition) is 3. The number of benzene rings is 1. The molecule has 0 heterocycles. The average molecular weight is 246 g/mol. The lowest BCUT2D eigenvalue weighted by Gasteiger charge is -2.30. The van der Waals surface area contributed by atoms with Gasteiger partial charge >= 0.3 is 5.97 Å². The van der Waals surface area contributed by atoms with E-state index in [2.05, 4.69) is 6.07 Å². The van der Waals surface area contributed by atoms with Gasteiger partial charge in [-0.25, -0.2) is 0 Å². The highest BCUT2D eigenvalue weighted by Gasteiger charge is 2.18. The summed E-state index contributed by atoms with van der Waals surface area (Å²) in [5.41, 5.74) is 1.47. The average Bonchev–Trinajstić information content (AvgIpc) is 2.35. The second-order valence-corrected chi connectivity index (χ2v) is 4.65. The Morgan fingerprint density at radius 2 is 2.11 bits per heavy atom. The van der Waals surface area contributed by atoms with Gasteiger partial charge in [0.2, 0.25) is 0 Å². The molecule has 0 aliphatic carbocycles. The Balaban J connectivity index is 2.98. The molecule has 0 aliphatic rings. The van der Waals surface area contributed by atoms with Crippen LogP contribution in [0.3, 0.4) is 0 Å². The van der Waals surface area contributed by atoms with Crippen molar-refractivity contribution >= 4 is 11.7 Å². The Hall–Kier alpha value is -2.02. The first-order valence-electron chi connectivity index (χ1n) is 5.95. The normalized spacial score (nSPS) is 11.9. The first kappa shape index (κ1) is 14.0. The Morgan fingerprint density at radius 3 is 2.61 bits per heavy atom. The fourth-order valence-corrected chi connectivity index (χ4v) is 1.74. The largest absolute Gasteiger partial charge is 0.481 e. The van der Waals surface area contributed by atoms with E-state index in [1.807, 2.05) is 30.9 Å². The predicted molar refractivity (Wildman–Crippen MR) is 70.4 cm³/mol. The fourth-order valence-electron chi connectivity index (χ4n) is 1.74. The standard InChI is InChI=1S/C14H18N2O2/c1-10(2)16(9-11(3)14(17)18)13-6-4-5-12(7-13)8-15/h4-7,10-11H,9H2,1-3H3,(H,17,18). The van der Waals surface area contributed by atoms with Crippen molar-refractivity contribution in [3.8, 4) is 6.07 Å². The van der Waals surface area contributed by atoms with Crippen molar-refractivity contribution in [2.75, 3.05) is 11.4 Å². The van der Waals surface area contributed by atoms with E-state index in [1.165, 1.54) is 0 Å². The summed E-state index contributed by atoms with van der Waals surface area (Å²) in [5, 5.41) is 17.9. The molecule has 4 nitrogen and oxygen atoms in total. The predicted octanol–water partition coefficient (Wildman–Crippen LogP) is 2.49. The van der Waals surface area contributed by atoms with Crippen LogP contribution in [-0.2, 0) is 4.79 Å². The van der Waals surface area contributed by atoms with Gasteiger partial charge in [0.15, 0.2) is 0 Å². The molecule has 1 rings (SSSR count). The van der Waals surface area contributed by atoms with Crippen LogP contribution in [0, 0.1) is 17.2 Å². The number of nitrogens with zero attached hydrogens (tertiary/aromatic N) is 2. The van der Waals surface area contributed by atoms with Gasteiger partial charge < -0.3 is 10.0 Å². The molecule has 96 valence electrons. The van der Waals surface area contributed by atoms with E-state index >= 15 is 0 Å². The van der Waals surface area contributed by atoms with Crippen molar-refractivity contribution in [1.82, 2.24) is 0 Å². The lowest BCUT2D eigenvalue weighted by molar-refractivity contribution is -0.140. The van der Waals surface area contributed by atoms with Gasteiger partial charge in [-0.2, -0.15) is 5.26 Å². The summed E-state index contributed by atoms with van der Waals surface area (Å²) in [6, 6.07) is 9.51. The molecule has 0 saturated carbocycles. The van der Waals surface area contributed by atoms with Crippen LogP contribution in [0.5, 0.6) is 0 Å². The van der Waals surface area contributed by atoms with Crippen LogP contribution >= 0.6 is 0 Å². The van der Waals surface area contributed by atoms with Gasteiger partial charge in [0.1, 0.15) is 0 Å². The highest BCUT2D eigenvalue weighted by Crippen LogP contribution is 2.20. The topological polar surface area (TPSA) is 64.3 Å². The van der Waals surface area contributed by atoms with Crippen molar-refractivity contribution in [3.63, 3.8) is 0 Å². The van der Waals surface area contributed by atoms with Gasteiger partial charge in [0, 0.05) is 18.3 Å². The molecule has 0 amide bonds. The highest BCUT2D eigenvalue weighted by molar-refractivity contribution is 5.70. The monoisotopic (exact) mass is 246 g/mol. The second kappa shape index (κ2) is 6.06. The molecule has 18 heavy (non-hydrogen) atoms. The van der Waals surface area contributed by atoms with Gasteiger partial charge in [-0.1, -0.05) is 13.0 Å². The van der Waals surface area contributed by atoms with Crippen molar-refractivity contribution < 1.29 is 9.90 Å². The van der Waals surface area contributed by atoms with E-state index in [4.69, 9.17) is 10.4 Å². The Bertz CT molecular complexity index is 463. The van der Waals surface area contributed by atoms with Crippen LogP contribution in [0.15, 0.2) is 24.3 Å². The molecule has 1 aromatic carbocycles. The summed E-state index contributed by atoms with van der Waals surface area (Å²) in [4.78, 5) is 12.9. The summed E-state index contributed by atoms with van der Waals surface area (Å²) >= 11 is 0. The molecular formula is C14H18N2O2. The minimum Gasteiger partial charge on any atom is -0.481 e. The number of hydrogen-bond donors (Lipinski definition) is 1. The minimum atomic E-state index is -0.808. The maximum atomic E-state index is 10.9. The van der Waals surface area contributed by atoms with E-state index < -0.39 is 11.9 Å².